The van der Waals surface area contributed by atoms with E-state index in [-0.39, 0.29) is 0 Å². The van der Waals surface area contributed by atoms with Crippen LogP contribution in [-0.2, 0) is 13.1 Å². The van der Waals surface area contributed by atoms with Gasteiger partial charge in [0.15, 0.2) is 5.96 Å². The number of hydrogen-bond donors (Lipinski definition) is 2. The maximum Gasteiger partial charge on any atom is 0.191 e. The molecule has 0 aromatic carbocycles. The number of piperidine rings is 1. The number of nitrogens with zero attached hydrogens (tertiary/aromatic N) is 4. The molecule has 0 amide bonds. The van der Waals surface area contributed by atoms with Crippen LogP contribution in [0.2, 0.25) is 0 Å². The molecule has 0 unspecified atom stereocenters. The standard InChI is InChI=1S/C19H30N6S2/c1-13-14(2)27-18(23-13)10-22-19(20-4)21-9-16-5-7-25(8-6-16)11-17-12-26-15(3)24-17/h12,16H,5-11H2,1-4H3,(H2,20,21,22). The Balaban J connectivity index is 1.36. The monoisotopic (exact) mass is 406 g/mol. The van der Waals surface area contributed by atoms with Crippen molar-refractivity contribution in [2.45, 2.75) is 46.7 Å². The molecule has 2 aromatic rings. The van der Waals surface area contributed by atoms with Gasteiger partial charge in [-0.3, -0.25) is 9.89 Å². The molecule has 148 valence electrons. The zero-order chi connectivity index (χ0) is 19.2. The predicted molar refractivity (Wildman–Crippen MR) is 115 cm³/mol. The van der Waals surface area contributed by atoms with Gasteiger partial charge in [0.25, 0.3) is 0 Å². The average Bonchev–Trinajstić information content (AvgIpc) is 3.21. The molecule has 0 spiro atoms. The third-order valence-electron chi connectivity index (χ3n) is 5.02. The van der Waals surface area contributed by atoms with Gasteiger partial charge in [0, 0.05) is 30.4 Å². The number of nitrogens with one attached hydrogen (secondary N) is 2. The van der Waals surface area contributed by atoms with Gasteiger partial charge in [-0.05, 0) is 52.6 Å². The summed E-state index contributed by atoms with van der Waals surface area (Å²) in [5, 5.41) is 11.3. The van der Waals surface area contributed by atoms with Crippen molar-refractivity contribution >= 4 is 28.6 Å². The summed E-state index contributed by atoms with van der Waals surface area (Å²) in [6.07, 6.45) is 2.44. The lowest BCUT2D eigenvalue weighted by molar-refractivity contribution is 0.176. The number of aromatic nitrogens is 2. The highest BCUT2D eigenvalue weighted by atomic mass is 32.1. The summed E-state index contributed by atoms with van der Waals surface area (Å²) in [5.74, 6) is 1.56. The van der Waals surface area contributed by atoms with Crippen LogP contribution in [0.15, 0.2) is 10.4 Å². The molecule has 3 heterocycles. The smallest absolute Gasteiger partial charge is 0.191 e. The molecule has 8 heteroatoms. The lowest BCUT2D eigenvalue weighted by Gasteiger charge is -2.31. The van der Waals surface area contributed by atoms with Crippen LogP contribution in [0.5, 0.6) is 0 Å². The van der Waals surface area contributed by atoms with E-state index in [2.05, 4.69) is 56.6 Å². The van der Waals surface area contributed by atoms with E-state index >= 15 is 0 Å². The minimum Gasteiger partial charge on any atom is -0.356 e. The Bertz CT molecular complexity index is 739. The Labute approximate surface area is 170 Å². The van der Waals surface area contributed by atoms with Crippen LogP contribution < -0.4 is 10.6 Å². The maximum absolute atomic E-state index is 4.58. The van der Waals surface area contributed by atoms with Crippen molar-refractivity contribution in [3.63, 3.8) is 0 Å². The Hall–Kier alpha value is -1.51. The molecule has 1 aliphatic rings. The molecule has 1 aliphatic heterocycles. The molecular formula is C19H30N6S2. The van der Waals surface area contributed by atoms with Gasteiger partial charge in [-0.2, -0.15) is 0 Å². The zero-order valence-electron chi connectivity index (χ0n) is 16.7. The lowest BCUT2D eigenvalue weighted by atomic mass is 9.97. The number of thiazole rings is 2. The quantitative estimate of drug-likeness (QED) is 0.570. The molecule has 3 rings (SSSR count). The van der Waals surface area contributed by atoms with E-state index in [0.717, 1.165) is 54.4 Å². The first-order valence-corrected chi connectivity index (χ1v) is 11.2. The highest BCUT2D eigenvalue weighted by molar-refractivity contribution is 7.11. The van der Waals surface area contributed by atoms with Crippen LogP contribution in [0.25, 0.3) is 0 Å². The second kappa shape index (κ2) is 9.61. The Morgan fingerprint density at radius 2 is 2.00 bits per heavy atom. The van der Waals surface area contributed by atoms with Crippen molar-refractivity contribution in [3.8, 4) is 0 Å². The number of hydrogen-bond acceptors (Lipinski definition) is 6. The molecule has 6 nitrogen and oxygen atoms in total. The van der Waals surface area contributed by atoms with Crippen molar-refractivity contribution in [1.29, 1.82) is 0 Å². The average molecular weight is 407 g/mol. The SMILES string of the molecule is CN=C(NCc1nc(C)c(C)s1)NCC1CCN(Cc2csc(C)n2)CC1. The molecule has 27 heavy (non-hydrogen) atoms. The molecule has 0 radical (unpaired) electrons. The summed E-state index contributed by atoms with van der Waals surface area (Å²) in [4.78, 5) is 17.3. The van der Waals surface area contributed by atoms with E-state index in [1.54, 1.807) is 22.7 Å². The number of guanidine groups is 1. The molecule has 0 aliphatic carbocycles. The van der Waals surface area contributed by atoms with Crippen LogP contribution in [0.1, 0.15) is 39.1 Å². The van der Waals surface area contributed by atoms with Crippen LogP contribution >= 0.6 is 22.7 Å². The Morgan fingerprint density at radius 1 is 1.22 bits per heavy atom. The van der Waals surface area contributed by atoms with Crippen molar-refractivity contribution in [1.82, 2.24) is 25.5 Å². The third kappa shape index (κ3) is 5.99. The first-order valence-electron chi connectivity index (χ1n) is 9.54. The van der Waals surface area contributed by atoms with Gasteiger partial charge in [0.1, 0.15) is 5.01 Å². The number of aryl methyl sites for hydroxylation is 3. The van der Waals surface area contributed by atoms with Crippen LogP contribution in [0.3, 0.4) is 0 Å². The first-order chi connectivity index (χ1) is 13.0. The van der Waals surface area contributed by atoms with Gasteiger partial charge in [0.2, 0.25) is 0 Å². The molecule has 2 aromatic heterocycles. The fourth-order valence-electron chi connectivity index (χ4n) is 3.29. The van der Waals surface area contributed by atoms with Gasteiger partial charge < -0.3 is 10.6 Å². The van der Waals surface area contributed by atoms with Crippen molar-refractivity contribution in [3.05, 3.63) is 31.7 Å². The highest BCUT2D eigenvalue weighted by Crippen LogP contribution is 2.19. The second-order valence-corrected chi connectivity index (χ2v) is 9.48. The van der Waals surface area contributed by atoms with E-state index in [0.29, 0.717) is 5.92 Å². The summed E-state index contributed by atoms with van der Waals surface area (Å²) in [6, 6.07) is 0. The van der Waals surface area contributed by atoms with Gasteiger partial charge in [0.05, 0.1) is 22.9 Å². The van der Waals surface area contributed by atoms with E-state index in [1.165, 1.54) is 23.4 Å². The number of likely N-dealkylation sites (tertiary alicyclic amines) is 1. The van der Waals surface area contributed by atoms with Crippen molar-refractivity contribution < 1.29 is 0 Å². The summed E-state index contributed by atoms with van der Waals surface area (Å²) < 4.78 is 0. The summed E-state index contributed by atoms with van der Waals surface area (Å²) in [5.41, 5.74) is 2.34. The Kier molecular flexibility index (Phi) is 7.20. The van der Waals surface area contributed by atoms with Crippen LogP contribution in [-0.4, -0.2) is 47.5 Å². The first kappa shape index (κ1) is 20.2. The molecule has 1 saturated heterocycles. The predicted octanol–water partition coefficient (Wildman–Crippen LogP) is 3.10. The van der Waals surface area contributed by atoms with E-state index < -0.39 is 0 Å². The highest BCUT2D eigenvalue weighted by Gasteiger charge is 2.20. The summed E-state index contributed by atoms with van der Waals surface area (Å²) >= 11 is 3.49. The van der Waals surface area contributed by atoms with Gasteiger partial charge >= 0.3 is 0 Å². The lowest BCUT2D eigenvalue weighted by Crippen LogP contribution is -2.42. The summed E-state index contributed by atoms with van der Waals surface area (Å²) in [7, 11) is 1.83. The largest absolute Gasteiger partial charge is 0.356 e. The van der Waals surface area contributed by atoms with E-state index in [9.17, 15) is 0 Å². The molecule has 2 N–H and O–H groups in total. The molecular weight excluding hydrogens is 376 g/mol. The fourth-order valence-corrected chi connectivity index (χ4v) is 4.77. The van der Waals surface area contributed by atoms with Crippen LogP contribution in [0.4, 0.5) is 0 Å². The maximum atomic E-state index is 4.58. The normalized spacial score (nSPS) is 16.7. The molecule has 0 bridgehead atoms. The Morgan fingerprint density at radius 3 is 2.59 bits per heavy atom. The molecule has 0 atom stereocenters. The van der Waals surface area contributed by atoms with Crippen molar-refractivity contribution in [2.75, 3.05) is 26.7 Å². The number of rotatable bonds is 6. The van der Waals surface area contributed by atoms with Crippen LogP contribution in [0, 0.1) is 26.7 Å². The van der Waals surface area contributed by atoms with Gasteiger partial charge in [-0.15, -0.1) is 22.7 Å². The van der Waals surface area contributed by atoms with Crippen molar-refractivity contribution in [2.24, 2.45) is 10.9 Å². The van der Waals surface area contributed by atoms with Gasteiger partial charge in [-0.25, -0.2) is 9.97 Å². The molecule has 0 saturated carbocycles. The third-order valence-corrected chi connectivity index (χ3v) is 6.92. The fraction of sp³-hybridized carbons (Fsp3) is 0.632. The van der Waals surface area contributed by atoms with E-state index in [4.69, 9.17) is 0 Å². The minimum absolute atomic E-state index is 0.696. The zero-order valence-corrected chi connectivity index (χ0v) is 18.3. The molecule has 1 fully saturated rings. The van der Waals surface area contributed by atoms with Gasteiger partial charge in [-0.1, -0.05) is 0 Å². The summed E-state index contributed by atoms with van der Waals surface area (Å²) in [6.45, 7) is 11.2. The van der Waals surface area contributed by atoms with E-state index in [1.807, 2.05) is 7.05 Å². The second-order valence-electron chi connectivity index (χ2n) is 7.13. The minimum atomic E-state index is 0.696. The topological polar surface area (TPSA) is 65.4 Å². The number of aliphatic imine (C=N–C) groups is 1.